The lowest BCUT2D eigenvalue weighted by atomic mass is 10.1. The summed E-state index contributed by atoms with van der Waals surface area (Å²) < 4.78 is 15.2. The normalized spacial score (nSPS) is 31.1. The zero-order valence-corrected chi connectivity index (χ0v) is 7.85. The summed E-state index contributed by atoms with van der Waals surface area (Å²) in [5.74, 6) is -1.25. The fourth-order valence-electron chi connectivity index (χ4n) is 1.27. The summed E-state index contributed by atoms with van der Waals surface area (Å²) in [6.07, 6.45) is 0.888. The van der Waals surface area contributed by atoms with Crippen molar-refractivity contribution in [2.75, 3.05) is 26.4 Å². The molecule has 0 bridgehead atoms. The molecule has 2 aliphatic rings. The molecular weight excluding hydrogens is 188 g/mol. The zero-order valence-electron chi connectivity index (χ0n) is 7.85. The number of carbonyl (C=O) groups is 1. The van der Waals surface area contributed by atoms with Crippen LogP contribution in [0.15, 0.2) is 0 Å². The standard InChI is InChI=1S/C9H14O5/c10-9(11)6(1-7-4-13-7)2-12-3-8-5-14-8/h6-8H,1-5H2,(H,10,11). The number of carboxylic acid groups (broad SMARTS) is 1. The predicted octanol–water partition coefficient (Wildman–Crippen LogP) is -0.109. The van der Waals surface area contributed by atoms with Gasteiger partial charge in [-0.15, -0.1) is 0 Å². The molecule has 2 aliphatic heterocycles. The van der Waals surface area contributed by atoms with Gasteiger partial charge >= 0.3 is 5.97 Å². The van der Waals surface area contributed by atoms with E-state index >= 15 is 0 Å². The highest BCUT2D eigenvalue weighted by Crippen LogP contribution is 2.20. The summed E-state index contributed by atoms with van der Waals surface area (Å²) >= 11 is 0. The summed E-state index contributed by atoms with van der Waals surface area (Å²) in [4.78, 5) is 10.8. The minimum absolute atomic E-state index is 0.136. The van der Waals surface area contributed by atoms with Gasteiger partial charge in [0, 0.05) is 0 Å². The number of carboxylic acids is 1. The molecular formula is C9H14O5. The Morgan fingerprint density at radius 2 is 2.07 bits per heavy atom. The molecule has 5 nitrogen and oxygen atoms in total. The second kappa shape index (κ2) is 4.25. The monoisotopic (exact) mass is 202 g/mol. The van der Waals surface area contributed by atoms with Gasteiger partial charge in [0.1, 0.15) is 6.10 Å². The minimum Gasteiger partial charge on any atom is -0.481 e. The number of hydrogen-bond acceptors (Lipinski definition) is 4. The molecule has 0 aromatic rings. The first kappa shape index (κ1) is 9.89. The van der Waals surface area contributed by atoms with Crippen LogP contribution in [0.1, 0.15) is 6.42 Å². The van der Waals surface area contributed by atoms with E-state index in [9.17, 15) is 4.79 Å². The highest BCUT2D eigenvalue weighted by Gasteiger charge is 2.31. The van der Waals surface area contributed by atoms with Crippen molar-refractivity contribution in [3.63, 3.8) is 0 Å². The van der Waals surface area contributed by atoms with Gasteiger partial charge < -0.3 is 19.3 Å². The van der Waals surface area contributed by atoms with Crippen LogP contribution in [0.5, 0.6) is 0 Å². The lowest BCUT2D eigenvalue weighted by Crippen LogP contribution is -2.22. The van der Waals surface area contributed by atoms with Crippen LogP contribution in [0.25, 0.3) is 0 Å². The van der Waals surface area contributed by atoms with E-state index in [0.717, 1.165) is 6.61 Å². The molecule has 14 heavy (non-hydrogen) atoms. The first-order valence-corrected chi connectivity index (χ1v) is 4.79. The molecule has 0 spiro atoms. The van der Waals surface area contributed by atoms with Crippen LogP contribution in [0.3, 0.4) is 0 Å². The summed E-state index contributed by atoms with van der Waals surface area (Å²) in [6.45, 7) is 2.20. The van der Waals surface area contributed by atoms with Gasteiger partial charge in [0.2, 0.25) is 0 Å². The molecule has 3 atom stereocenters. The predicted molar refractivity (Wildman–Crippen MR) is 46.0 cm³/mol. The Balaban J connectivity index is 1.63. The summed E-state index contributed by atoms with van der Waals surface area (Å²) in [7, 11) is 0. The molecule has 2 heterocycles. The highest BCUT2D eigenvalue weighted by atomic mass is 16.6. The fraction of sp³-hybridized carbons (Fsp3) is 0.889. The van der Waals surface area contributed by atoms with E-state index in [4.69, 9.17) is 19.3 Å². The van der Waals surface area contributed by atoms with Crippen molar-refractivity contribution in [3.05, 3.63) is 0 Å². The molecule has 2 rings (SSSR count). The van der Waals surface area contributed by atoms with E-state index < -0.39 is 11.9 Å². The van der Waals surface area contributed by atoms with E-state index in [1.54, 1.807) is 0 Å². The van der Waals surface area contributed by atoms with E-state index in [0.29, 0.717) is 19.6 Å². The first-order chi connectivity index (χ1) is 6.75. The van der Waals surface area contributed by atoms with Gasteiger partial charge in [-0.05, 0) is 6.42 Å². The van der Waals surface area contributed by atoms with Crippen molar-refractivity contribution in [2.45, 2.75) is 18.6 Å². The average molecular weight is 202 g/mol. The average Bonchev–Trinajstić information content (AvgIpc) is 2.98. The van der Waals surface area contributed by atoms with Crippen LogP contribution < -0.4 is 0 Å². The molecule has 2 saturated heterocycles. The van der Waals surface area contributed by atoms with Crippen molar-refractivity contribution in [1.82, 2.24) is 0 Å². The lowest BCUT2D eigenvalue weighted by Gasteiger charge is -2.10. The zero-order chi connectivity index (χ0) is 9.97. The maximum absolute atomic E-state index is 10.8. The fourth-order valence-corrected chi connectivity index (χ4v) is 1.27. The lowest BCUT2D eigenvalue weighted by molar-refractivity contribution is -0.144. The Labute approximate surface area is 81.9 Å². The largest absolute Gasteiger partial charge is 0.481 e. The van der Waals surface area contributed by atoms with Crippen molar-refractivity contribution in [2.24, 2.45) is 5.92 Å². The Hall–Kier alpha value is -0.650. The maximum atomic E-state index is 10.8. The molecule has 80 valence electrons. The number of aliphatic carboxylic acids is 1. The summed E-state index contributed by atoms with van der Waals surface area (Å²) in [5.41, 5.74) is 0. The molecule has 0 amide bonds. The van der Waals surface area contributed by atoms with Crippen molar-refractivity contribution in [1.29, 1.82) is 0 Å². The van der Waals surface area contributed by atoms with Gasteiger partial charge in [0.15, 0.2) is 0 Å². The number of epoxide rings is 2. The second-order valence-electron chi connectivity index (χ2n) is 3.72. The molecule has 0 aromatic heterocycles. The van der Waals surface area contributed by atoms with Gasteiger partial charge in [-0.1, -0.05) is 0 Å². The minimum atomic E-state index is -0.808. The molecule has 0 saturated carbocycles. The van der Waals surface area contributed by atoms with Crippen LogP contribution in [0.4, 0.5) is 0 Å². The van der Waals surface area contributed by atoms with Crippen molar-refractivity contribution >= 4 is 5.97 Å². The molecule has 2 fully saturated rings. The van der Waals surface area contributed by atoms with Gasteiger partial charge in [-0.25, -0.2) is 0 Å². The molecule has 5 heteroatoms. The molecule has 0 aromatic carbocycles. The SMILES string of the molecule is O=C(O)C(COCC1CO1)CC1CO1. The topological polar surface area (TPSA) is 71.6 Å². The quantitative estimate of drug-likeness (QED) is 0.583. The Bertz CT molecular complexity index is 209. The third-order valence-electron chi connectivity index (χ3n) is 2.32. The van der Waals surface area contributed by atoms with Gasteiger partial charge in [0.25, 0.3) is 0 Å². The Morgan fingerprint density at radius 1 is 1.43 bits per heavy atom. The van der Waals surface area contributed by atoms with Crippen LogP contribution in [0, 0.1) is 5.92 Å². The van der Waals surface area contributed by atoms with E-state index in [1.807, 2.05) is 0 Å². The van der Waals surface area contributed by atoms with Crippen LogP contribution in [-0.2, 0) is 19.0 Å². The third kappa shape index (κ3) is 3.25. The number of rotatable bonds is 7. The van der Waals surface area contributed by atoms with E-state index in [1.165, 1.54) is 0 Å². The highest BCUT2D eigenvalue weighted by molar-refractivity contribution is 5.70. The molecule has 3 unspecified atom stereocenters. The summed E-state index contributed by atoms with van der Waals surface area (Å²) in [5, 5.41) is 8.86. The van der Waals surface area contributed by atoms with Gasteiger partial charge in [0.05, 0.1) is 38.4 Å². The molecule has 0 aliphatic carbocycles. The van der Waals surface area contributed by atoms with Gasteiger partial charge in [-0.3, -0.25) is 4.79 Å². The molecule has 1 N–H and O–H groups in total. The van der Waals surface area contributed by atoms with E-state index in [2.05, 4.69) is 0 Å². The third-order valence-corrected chi connectivity index (χ3v) is 2.32. The Kier molecular flexibility index (Phi) is 3.00. The molecule has 0 radical (unpaired) electrons. The van der Waals surface area contributed by atoms with Crippen LogP contribution in [0.2, 0.25) is 0 Å². The Morgan fingerprint density at radius 3 is 2.57 bits per heavy atom. The second-order valence-corrected chi connectivity index (χ2v) is 3.72. The van der Waals surface area contributed by atoms with Crippen LogP contribution >= 0.6 is 0 Å². The smallest absolute Gasteiger partial charge is 0.308 e. The van der Waals surface area contributed by atoms with Crippen molar-refractivity contribution in [3.8, 4) is 0 Å². The number of ether oxygens (including phenoxy) is 3. The number of hydrogen-bond donors (Lipinski definition) is 1. The van der Waals surface area contributed by atoms with Crippen LogP contribution in [-0.4, -0.2) is 49.7 Å². The van der Waals surface area contributed by atoms with Crippen molar-refractivity contribution < 1.29 is 24.1 Å². The van der Waals surface area contributed by atoms with Gasteiger partial charge in [-0.2, -0.15) is 0 Å². The summed E-state index contributed by atoms with van der Waals surface area (Å²) in [6, 6.07) is 0. The maximum Gasteiger partial charge on any atom is 0.308 e. The first-order valence-electron chi connectivity index (χ1n) is 4.79. The van der Waals surface area contributed by atoms with E-state index in [-0.39, 0.29) is 18.8 Å².